The molecule has 1 aliphatic heterocycles. The number of carbonyl (C=O) groups is 2. The van der Waals surface area contributed by atoms with Gasteiger partial charge in [-0.25, -0.2) is 0 Å². The number of aryl methyl sites for hydroxylation is 1. The molecular weight excluding hydrogens is 450 g/mol. The van der Waals surface area contributed by atoms with Crippen LogP contribution in [0.3, 0.4) is 0 Å². The molecule has 0 spiro atoms. The highest BCUT2D eigenvalue weighted by Gasteiger charge is 2.25. The molecule has 1 heterocycles. The molecule has 2 amide bonds. The number of rotatable bonds is 7. The fraction of sp³-hybridized carbons (Fsp3) is 0.267. The Morgan fingerprint density at radius 3 is 2.31 bits per heavy atom. The van der Waals surface area contributed by atoms with Crippen molar-refractivity contribution in [2.75, 3.05) is 45.2 Å². The average molecular weight is 484 g/mol. The SMILES string of the molecule is COc1ccccc1/C=C(/C(=O)N1CCN(CC(=O)Nc2cccc(C)c2C)CC1)c1ccccc1. The number of ether oxygens (including phenoxy) is 1. The van der Waals surface area contributed by atoms with Crippen LogP contribution in [0.5, 0.6) is 5.75 Å². The maximum absolute atomic E-state index is 13.7. The third kappa shape index (κ3) is 6.01. The van der Waals surface area contributed by atoms with Crippen LogP contribution in [0, 0.1) is 13.8 Å². The molecule has 1 fully saturated rings. The third-order valence-electron chi connectivity index (χ3n) is 6.66. The van der Waals surface area contributed by atoms with Gasteiger partial charge in [-0.1, -0.05) is 60.7 Å². The number of amides is 2. The Morgan fingerprint density at radius 2 is 1.58 bits per heavy atom. The van der Waals surface area contributed by atoms with E-state index in [0.29, 0.717) is 38.3 Å². The van der Waals surface area contributed by atoms with E-state index in [4.69, 9.17) is 4.74 Å². The fourth-order valence-electron chi connectivity index (χ4n) is 4.39. The first kappa shape index (κ1) is 25.2. The van der Waals surface area contributed by atoms with E-state index in [1.165, 1.54) is 0 Å². The van der Waals surface area contributed by atoms with Gasteiger partial charge in [0.15, 0.2) is 0 Å². The summed E-state index contributed by atoms with van der Waals surface area (Å²) in [6.07, 6.45) is 1.90. The first-order valence-corrected chi connectivity index (χ1v) is 12.2. The van der Waals surface area contributed by atoms with Gasteiger partial charge in [-0.05, 0) is 48.7 Å². The highest BCUT2D eigenvalue weighted by Crippen LogP contribution is 2.26. The predicted molar refractivity (Wildman–Crippen MR) is 145 cm³/mol. The lowest BCUT2D eigenvalue weighted by atomic mass is 10.0. The molecular formula is C30H33N3O3. The quantitative estimate of drug-likeness (QED) is 0.393. The van der Waals surface area contributed by atoms with Crippen LogP contribution < -0.4 is 10.1 Å². The first-order valence-electron chi connectivity index (χ1n) is 12.2. The van der Waals surface area contributed by atoms with Crippen LogP contribution >= 0.6 is 0 Å². The van der Waals surface area contributed by atoms with Crippen LogP contribution in [0.25, 0.3) is 11.6 Å². The largest absolute Gasteiger partial charge is 0.496 e. The van der Waals surface area contributed by atoms with Gasteiger partial charge in [0, 0.05) is 43.0 Å². The number of methoxy groups -OCH3 is 1. The summed E-state index contributed by atoms with van der Waals surface area (Å²) in [5.74, 6) is 0.662. The van der Waals surface area contributed by atoms with Gasteiger partial charge in [0.1, 0.15) is 5.75 Å². The molecule has 0 radical (unpaired) electrons. The van der Waals surface area contributed by atoms with E-state index >= 15 is 0 Å². The van der Waals surface area contributed by atoms with Gasteiger partial charge in [0.05, 0.1) is 13.7 Å². The normalized spacial score (nSPS) is 14.4. The Bertz CT molecular complexity index is 1250. The molecule has 186 valence electrons. The summed E-state index contributed by atoms with van der Waals surface area (Å²) < 4.78 is 5.50. The molecule has 0 atom stereocenters. The molecule has 1 aliphatic rings. The number of carbonyl (C=O) groups excluding carboxylic acids is 2. The highest BCUT2D eigenvalue weighted by molar-refractivity contribution is 6.24. The first-order chi connectivity index (χ1) is 17.5. The Labute approximate surface area is 213 Å². The maximum Gasteiger partial charge on any atom is 0.254 e. The number of nitrogens with zero attached hydrogens (tertiary/aromatic N) is 2. The number of hydrogen-bond acceptors (Lipinski definition) is 4. The Hall–Kier alpha value is -3.90. The van der Waals surface area contributed by atoms with Crippen molar-refractivity contribution >= 4 is 29.2 Å². The molecule has 6 heteroatoms. The Balaban J connectivity index is 1.43. The molecule has 0 bridgehead atoms. The van der Waals surface area contributed by atoms with Crippen molar-refractivity contribution in [1.29, 1.82) is 0 Å². The van der Waals surface area contributed by atoms with E-state index < -0.39 is 0 Å². The van der Waals surface area contributed by atoms with E-state index in [0.717, 1.165) is 33.7 Å². The van der Waals surface area contributed by atoms with E-state index in [2.05, 4.69) is 10.2 Å². The second-order valence-corrected chi connectivity index (χ2v) is 9.03. The second-order valence-electron chi connectivity index (χ2n) is 9.03. The molecule has 1 N–H and O–H groups in total. The van der Waals surface area contributed by atoms with Crippen molar-refractivity contribution < 1.29 is 14.3 Å². The van der Waals surface area contributed by atoms with Crippen molar-refractivity contribution in [1.82, 2.24) is 9.80 Å². The molecule has 0 aromatic heterocycles. The molecule has 36 heavy (non-hydrogen) atoms. The van der Waals surface area contributed by atoms with Crippen LogP contribution in [0.15, 0.2) is 72.8 Å². The minimum absolute atomic E-state index is 0.0217. The van der Waals surface area contributed by atoms with Crippen LogP contribution in [0.1, 0.15) is 22.3 Å². The molecule has 1 saturated heterocycles. The standard InChI is InChI=1S/C30H33N3O3/c1-22-10-9-14-27(23(22)2)31-29(34)21-32-16-18-33(19-17-32)30(35)26(24-11-5-4-6-12-24)20-25-13-7-8-15-28(25)36-3/h4-15,20H,16-19,21H2,1-3H3,(H,31,34)/b26-20+. The van der Waals surface area contributed by atoms with E-state index in [-0.39, 0.29) is 11.8 Å². The van der Waals surface area contributed by atoms with Crippen LogP contribution in [0.2, 0.25) is 0 Å². The molecule has 0 aliphatic carbocycles. The Morgan fingerprint density at radius 1 is 0.889 bits per heavy atom. The predicted octanol–water partition coefficient (Wildman–Crippen LogP) is 4.64. The third-order valence-corrected chi connectivity index (χ3v) is 6.66. The van der Waals surface area contributed by atoms with Crippen molar-refractivity contribution in [2.45, 2.75) is 13.8 Å². The van der Waals surface area contributed by atoms with Gasteiger partial charge >= 0.3 is 0 Å². The summed E-state index contributed by atoms with van der Waals surface area (Å²) in [5.41, 5.74) is 5.42. The Kier molecular flexibility index (Phi) is 8.18. The van der Waals surface area contributed by atoms with Gasteiger partial charge in [-0.15, -0.1) is 0 Å². The summed E-state index contributed by atoms with van der Waals surface area (Å²) in [6.45, 7) is 6.76. The van der Waals surface area contributed by atoms with Crippen molar-refractivity contribution in [3.63, 3.8) is 0 Å². The number of anilines is 1. The van der Waals surface area contributed by atoms with Gasteiger partial charge in [-0.2, -0.15) is 0 Å². The van der Waals surface area contributed by atoms with Crippen molar-refractivity contribution in [2.24, 2.45) is 0 Å². The van der Waals surface area contributed by atoms with Crippen LogP contribution in [0.4, 0.5) is 5.69 Å². The molecule has 3 aromatic rings. The molecule has 0 saturated carbocycles. The fourth-order valence-corrected chi connectivity index (χ4v) is 4.39. The summed E-state index contributed by atoms with van der Waals surface area (Å²) >= 11 is 0. The van der Waals surface area contributed by atoms with E-state index in [1.807, 2.05) is 97.6 Å². The highest BCUT2D eigenvalue weighted by atomic mass is 16.5. The zero-order valence-corrected chi connectivity index (χ0v) is 21.2. The minimum Gasteiger partial charge on any atom is -0.496 e. The monoisotopic (exact) mass is 483 g/mol. The summed E-state index contributed by atoms with van der Waals surface area (Å²) in [4.78, 5) is 30.3. The lowest BCUT2D eigenvalue weighted by Gasteiger charge is -2.35. The van der Waals surface area contributed by atoms with Crippen LogP contribution in [-0.4, -0.2) is 61.4 Å². The minimum atomic E-state index is -0.0375. The number of para-hydroxylation sites is 1. The average Bonchev–Trinajstić information content (AvgIpc) is 2.90. The van der Waals surface area contributed by atoms with Gasteiger partial charge in [0.2, 0.25) is 5.91 Å². The number of nitrogens with one attached hydrogen (secondary N) is 1. The zero-order chi connectivity index (χ0) is 25.5. The smallest absolute Gasteiger partial charge is 0.254 e. The topological polar surface area (TPSA) is 61.9 Å². The lowest BCUT2D eigenvalue weighted by molar-refractivity contribution is -0.127. The number of hydrogen-bond donors (Lipinski definition) is 1. The van der Waals surface area contributed by atoms with Crippen molar-refractivity contribution in [3.05, 3.63) is 95.1 Å². The van der Waals surface area contributed by atoms with Crippen LogP contribution in [-0.2, 0) is 9.59 Å². The van der Waals surface area contributed by atoms with E-state index in [9.17, 15) is 9.59 Å². The molecule has 3 aromatic carbocycles. The maximum atomic E-state index is 13.7. The van der Waals surface area contributed by atoms with Gasteiger partial charge in [0.25, 0.3) is 5.91 Å². The summed E-state index contributed by atoms with van der Waals surface area (Å²) in [7, 11) is 1.63. The number of piperazine rings is 1. The zero-order valence-electron chi connectivity index (χ0n) is 21.2. The molecule has 6 nitrogen and oxygen atoms in total. The lowest BCUT2D eigenvalue weighted by Crippen LogP contribution is -2.50. The number of benzene rings is 3. The summed E-state index contributed by atoms with van der Waals surface area (Å²) in [5, 5.41) is 3.03. The van der Waals surface area contributed by atoms with Crippen molar-refractivity contribution in [3.8, 4) is 5.75 Å². The molecule has 0 unspecified atom stereocenters. The summed E-state index contributed by atoms with van der Waals surface area (Å²) in [6, 6.07) is 23.3. The second kappa shape index (κ2) is 11.7. The molecule has 4 rings (SSSR count). The van der Waals surface area contributed by atoms with Gasteiger partial charge < -0.3 is 15.0 Å². The van der Waals surface area contributed by atoms with Gasteiger partial charge in [-0.3, -0.25) is 14.5 Å². The van der Waals surface area contributed by atoms with E-state index in [1.54, 1.807) is 7.11 Å².